The van der Waals surface area contributed by atoms with Gasteiger partial charge in [-0.15, -0.1) is 0 Å². The maximum atomic E-state index is 13.8. The number of benzene rings is 2. The van der Waals surface area contributed by atoms with Crippen molar-refractivity contribution in [2.45, 2.75) is 17.9 Å². The van der Waals surface area contributed by atoms with Crippen molar-refractivity contribution in [2.75, 3.05) is 5.32 Å². The first kappa shape index (κ1) is 15.9. The minimum atomic E-state index is -3.71. The van der Waals surface area contributed by atoms with Crippen molar-refractivity contribution in [1.29, 1.82) is 0 Å². The topological polar surface area (TPSA) is 72.2 Å². The minimum absolute atomic E-state index is 0.0468. The fourth-order valence-electron chi connectivity index (χ4n) is 1.88. The smallest absolute Gasteiger partial charge is 0.238 e. The molecule has 1 atom stereocenters. The number of nitrogens with two attached hydrogens (primary N) is 1. The van der Waals surface area contributed by atoms with E-state index in [9.17, 15) is 12.8 Å². The van der Waals surface area contributed by atoms with E-state index in [4.69, 9.17) is 5.14 Å². The first-order chi connectivity index (χ1) is 9.79. The van der Waals surface area contributed by atoms with Crippen LogP contribution < -0.4 is 10.5 Å². The first-order valence-electron chi connectivity index (χ1n) is 6.12. The van der Waals surface area contributed by atoms with Crippen LogP contribution in [0.3, 0.4) is 0 Å². The second-order valence-corrected chi connectivity index (χ2v) is 6.99. The molecule has 7 heteroatoms. The van der Waals surface area contributed by atoms with E-state index in [1.54, 1.807) is 24.3 Å². The molecule has 0 aromatic heterocycles. The molecule has 0 aliphatic rings. The third-order valence-corrected chi connectivity index (χ3v) is 4.62. The average molecular weight is 373 g/mol. The summed E-state index contributed by atoms with van der Waals surface area (Å²) in [5, 5.41) is 8.10. The van der Waals surface area contributed by atoms with Gasteiger partial charge < -0.3 is 5.32 Å². The van der Waals surface area contributed by atoms with Gasteiger partial charge >= 0.3 is 0 Å². The van der Waals surface area contributed by atoms with Gasteiger partial charge in [-0.1, -0.05) is 18.2 Å². The van der Waals surface area contributed by atoms with Crippen LogP contribution in [0, 0.1) is 5.82 Å². The van der Waals surface area contributed by atoms with Crippen LogP contribution in [0.5, 0.6) is 0 Å². The van der Waals surface area contributed by atoms with Gasteiger partial charge in [-0.25, -0.2) is 17.9 Å². The van der Waals surface area contributed by atoms with Crippen LogP contribution in [0.4, 0.5) is 10.1 Å². The lowest BCUT2D eigenvalue weighted by Gasteiger charge is -2.17. The third kappa shape index (κ3) is 3.81. The molecule has 3 N–H and O–H groups in total. The van der Waals surface area contributed by atoms with E-state index in [1.807, 2.05) is 6.92 Å². The summed E-state index contributed by atoms with van der Waals surface area (Å²) in [5.41, 5.74) is 1.18. The molecular formula is C14H14BrFN2O2S. The molecule has 0 fully saturated rings. The molecule has 2 rings (SSSR count). The van der Waals surface area contributed by atoms with Crippen molar-refractivity contribution in [3.05, 3.63) is 58.3 Å². The molecule has 0 heterocycles. The Morgan fingerprint density at radius 2 is 1.81 bits per heavy atom. The lowest BCUT2D eigenvalue weighted by Crippen LogP contribution is -2.13. The summed E-state index contributed by atoms with van der Waals surface area (Å²) in [6, 6.07) is 10.7. The highest BCUT2D eigenvalue weighted by Crippen LogP contribution is 2.29. The Hall–Kier alpha value is -1.44. The summed E-state index contributed by atoms with van der Waals surface area (Å²) in [5.74, 6) is -0.364. The Balaban J connectivity index is 2.23. The van der Waals surface area contributed by atoms with Crippen LogP contribution in [0.2, 0.25) is 0 Å². The van der Waals surface area contributed by atoms with E-state index in [1.165, 1.54) is 18.2 Å². The molecule has 0 spiro atoms. The molecule has 0 bridgehead atoms. The number of hydrogen-bond donors (Lipinski definition) is 2. The molecular weight excluding hydrogens is 359 g/mol. The highest BCUT2D eigenvalue weighted by atomic mass is 79.9. The molecule has 0 radical (unpaired) electrons. The van der Waals surface area contributed by atoms with E-state index in [2.05, 4.69) is 21.2 Å². The Morgan fingerprint density at radius 3 is 2.33 bits per heavy atom. The summed E-state index contributed by atoms with van der Waals surface area (Å²) in [4.78, 5) is 0.0468. The lowest BCUT2D eigenvalue weighted by atomic mass is 10.1. The van der Waals surface area contributed by atoms with Gasteiger partial charge in [0.1, 0.15) is 5.82 Å². The van der Waals surface area contributed by atoms with Crippen molar-refractivity contribution in [2.24, 2.45) is 5.14 Å². The van der Waals surface area contributed by atoms with Crippen LogP contribution in [-0.4, -0.2) is 8.42 Å². The molecule has 2 aromatic carbocycles. The summed E-state index contributed by atoms with van der Waals surface area (Å²) in [6.45, 7) is 1.85. The van der Waals surface area contributed by atoms with Gasteiger partial charge in [-0.3, -0.25) is 0 Å². The monoisotopic (exact) mass is 372 g/mol. The number of nitrogens with one attached hydrogen (secondary N) is 1. The number of primary sulfonamides is 1. The predicted molar refractivity (Wildman–Crippen MR) is 84.0 cm³/mol. The van der Waals surface area contributed by atoms with Crippen molar-refractivity contribution in [3.8, 4) is 0 Å². The highest BCUT2D eigenvalue weighted by Gasteiger charge is 2.13. The Labute approximate surface area is 131 Å². The molecule has 2 aromatic rings. The predicted octanol–water partition coefficient (Wildman–Crippen LogP) is 3.41. The lowest BCUT2D eigenvalue weighted by molar-refractivity contribution is 0.597. The molecule has 0 saturated heterocycles. The largest absolute Gasteiger partial charge is 0.375 e. The average Bonchev–Trinajstić information content (AvgIpc) is 2.42. The van der Waals surface area contributed by atoms with E-state index in [0.717, 1.165) is 5.56 Å². The number of rotatable bonds is 4. The van der Waals surface area contributed by atoms with E-state index in [-0.39, 0.29) is 16.8 Å². The van der Waals surface area contributed by atoms with Gasteiger partial charge in [-0.05, 0) is 52.7 Å². The zero-order chi connectivity index (χ0) is 15.6. The number of hydrogen-bond acceptors (Lipinski definition) is 3. The summed E-state index contributed by atoms with van der Waals surface area (Å²) < 4.78 is 36.8. The van der Waals surface area contributed by atoms with Gasteiger partial charge in [0.05, 0.1) is 10.6 Å². The quantitative estimate of drug-likeness (QED) is 0.863. The van der Waals surface area contributed by atoms with Gasteiger partial charge in [0.2, 0.25) is 10.0 Å². The Morgan fingerprint density at radius 1 is 1.19 bits per heavy atom. The van der Waals surface area contributed by atoms with Crippen molar-refractivity contribution in [3.63, 3.8) is 0 Å². The molecule has 0 amide bonds. The number of halogens is 2. The zero-order valence-corrected chi connectivity index (χ0v) is 13.6. The maximum absolute atomic E-state index is 13.8. The standard InChI is InChI=1S/C14H14BrFN2O2S/c1-9(18-14-12(15)3-2-4-13(14)16)10-5-7-11(8-6-10)21(17,19)20/h2-9,18H,1H3,(H2,17,19,20). The van der Waals surface area contributed by atoms with Crippen LogP contribution in [0.1, 0.15) is 18.5 Å². The van der Waals surface area contributed by atoms with Crippen LogP contribution in [0.15, 0.2) is 51.8 Å². The number of para-hydroxylation sites is 1. The van der Waals surface area contributed by atoms with Crippen LogP contribution >= 0.6 is 15.9 Å². The number of sulfonamides is 1. The molecule has 1 unspecified atom stereocenters. The summed E-state index contributed by atoms with van der Waals surface area (Å²) in [7, 11) is -3.71. The molecule has 0 saturated carbocycles. The second-order valence-electron chi connectivity index (χ2n) is 4.58. The maximum Gasteiger partial charge on any atom is 0.238 e. The van der Waals surface area contributed by atoms with Crippen LogP contribution in [-0.2, 0) is 10.0 Å². The van der Waals surface area contributed by atoms with Crippen LogP contribution in [0.25, 0.3) is 0 Å². The molecule has 4 nitrogen and oxygen atoms in total. The van der Waals surface area contributed by atoms with Gasteiger partial charge in [0, 0.05) is 10.5 Å². The van der Waals surface area contributed by atoms with Crippen molar-refractivity contribution < 1.29 is 12.8 Å². The van der Waals surface area contributed by atoms with Crippen molar-refractivity contribution >= 4 is 31.6 Å². The van der Waals surface area contributed by atoms with Gasteiger partial charge in [0.15, 0.2) is 0 Å². The Bertz CT molecular complexity index is 728. The highest BCUT2D eigenvalue weighted by molar-refractivity contribution is 9.10. The van der Waals surface area contributed by atoms with E-state index < -0.39 is 10.0 Å². The molecule has 0 aliphatic carbocycles. The molecule has 21 heavy (non-hydrogen) atoms. The second kappa shape index (κ2) is 6.13. The fraction of sp³-hybridized carbons (Fsp3) is 0.143. The summed E-state index contributed by atoms with van der Waals surface area (Å²) in [6.07, 6.45) is 0. The normalized spacial score (nSPS) is 13.0. The zero-order valence-electron chi connectivity index (χ0n) is 11.2. The fourth-order valence-corrected chi connectivity index (χ4v) is 2.85. The minimum Gasteiger partial charge on any atom is -0.375 e. The van der Waals surface area contributed by atoms with E-state index in [0.29, 0.717) is 10.2 Å². The summed E-state index contributed by atoms with van der Waals surface area (Å²) >= 11 is 3.29. The van der Waals surface area contributed by atoms with Gasteiger partial charge in [-0.2, -0.15) is 0 Å². The number of anilines is 1. The molecule has 112 valence electrons. The molecule has 0 aliphatic heterocycles. The SMILES string of the molecule is CC(Nc1c(F)cccc1Br)c1ccc(S(N)(=O)=O)cc1. The first-order valence-corrected chi connectivity index (χ1v) is 8.46. The van der Waals surface area contributed by atoms with E-state index >= 15 is 0 Å². The Kier molecular flexibility index (Phi) is 4.65. The van der Waals surface area contributed by atoms with Crippen molar-refractivity contribution in [1.82, 2.24) is 0 Å². The third-order valence-electron chi connectivity index (χ3n) is 3.03. The van der Waals surface area contributed by atoms with Gasteiger partial charge in [0.25, 0.3) is 0 Å².